The Bertz CT molecular complexity index is 637. The van der Waals surface area contributed by atoms with E-state index in [1.807, 2.05) is 17.8 Å². The van der Waals surface area contributed by atoms with Crippen LogP contribution in [0.5, 0.6) is 0 Å². The molecule has 0 aromatic carbocycles. The second-order valence-corrected chi connectivity index (χ2v) is 7.20. The zero-order valence-corrected chi connectivity index (χ0v) is 13.3. The summed E-state index contributed by atoms with van der Waals surface area (Å²) in [6.45, 7) is 3.78. The van der Waals surface area contributed by atoms with Crippen molar-refractivity contribution in [3.05, 3.63) is 23.3 Å². The molecule has 0 saturated carbocycles. The minimum Gasteiger partial charge on any atom is -0.397 e. The number of anilines is 1. The van der Waals surface area contributed by atoms with Gasteiger partial charge in [0.1, 0.15) is 4.88 Å². The van der Waals surface area contributed by atoms with Gasteiger partial charge in [0.2, 0.25) is 0 Å². The van der Waals surface area contributed by atoms with Gasteiger partial charge in [-0.1, -0.05) is 0 Å². The largest absolute Gasteiger partial charge is 0.397 e. The van der Waals surface area contributed by atoms with Crippen LogP contribution in [0, 0.1) is 0 Å². The summed E-state index contributed by atoms with van der Waals surface area (Å²) in [7, 11) is 0. The molecule has 1 fully saturated rings. The van der Waals surface area contributed by atoms with Crippen molar-refractivity contribution < 1.29 is 4.79 Å². The minimum absolute atomic E-state index is 0.0833. The lowest BCUT2D eigenvalue weighted by Crippen LogP contribution is -2.39. The Hall–Kier alpha value is -1.31. The number of thiophene rings is 1. The minimum atomic E-state index is -0.0833. The first-order valence-corrected chi connectivity index (χ1v) is 8.93. The average Bonchev–Trinajstić information content (AvgIpc) is 2.86. The van der Waals surface area contributed by atoms with Gasteiger partial charge >= 0.3 is 0 Å². The normalized spacial score (nSPS) is 16.2. The molecule has 21 heavy (non-hydrogen) atoms. The molecule has 112 valence electrons. The highest BCUT2D eigenvalue weighted by Crippen LogP contribution is 2.32. The number of thioether (sulfide) groups is 1. The molecule has 2 aromatic heterocycles. The molecule has 3 N–H and O–H groups in total. The molecular formula is C14H18N4OS2. The number of rotatable bonds is 4. The van der Waals surface area contributed by atoms with Crippen molar-refractivity contribution in [2.75, 3.05) is 43.4 Å². The molecule has 1 aliphatic heterocycles. The van der Waals surface area contributed by atoms with Crippen LogP contribution in [0.2, 0.25) is 0 Å². The standard InChI is InChI=1S/C14H18N4OS2/c15-12-10-1-2-16-9-11(10)21-13(12)14(19)17-3-4-18-5-7-20-8-6-18/h1-2,9H,3-8,15H2,(H,17,19). The van der Waals surface area contributed by atoms with Gasteiger partial charge in [-0.2, -0.15) is 11.8 Å². The van der Waals surface area contributed by atoms with Gasteiger partial charge in [0.05, 0.1) is 10.4 Å². The van der Waals surface area contributed by atoms with Crippen LogP contribution >= 0.6 is 23.1 Å². The van der Waals surface area contributed by atoms with E-state index in [1.165, 1.54) is 22.8 Å². The fourth-order valence-electron chi connectivity index (χ4n) is 2.37. The zero-order chi connectivity index (χ0) is 14.7. The summed E-state index contributed by atoms with van der Waals surface area (Å²) in [4.78, 5) is 19.3. The lowest BCUT2D eigenvalue weighted by Gasteiger charge is -2.25. The van der Waals surface area contributed by atoms with Crippen molar-refractivity contribution in [3.8, 4) is 0 Å². The lowest BCUT2D eigenvalue weighted by atomic mass is 10.2. The third-order valence-corrected chi connectivity index (χ3v) is 5.65. The number of carbonyl (C=O) groups excluding carboxylic acids is 1. The number of carbonyl (C=O) groups is 1. The molecule has 5 nitrogen and oxygen atoms in total. The van der Waals surface area contributed by atoms with Gasteiger partial charge in [0, 0.05) is 55.5 Å². The predicted octanol–water partition coefficient (Wildman–Crippen LogP) is 1.66. The summed E-state index contributed by atoms with van der Waals surface area (Å²) in [5.41, 5.74) is 6.62. The number of hydrogen-bond acceptors (Lipinski definition) is 6. The van der Waals surface area contributed by atoms with E-state index < -0.39 is 0 Å². The Labute approximate surface area is 131 Å². The molecule has 0 radical (unpaired) electrons. The summed E-state index contributed by atoms with van der Waals surface area (Å²) < 4.78 is 0.952. The van der Waals surface area contributed by atoms with Crippen LogP contribution in [0.1, 0.15) is 9.67 Å². The summed E-state index contributed by atoms with van der Waals surface area (Å²) >= 11 is 3.39. The highest BCUT2D eigenvalue weighted by Gasteiger charge is 2.16. The number of nitrogens with zero attached hydrogens (tertiary/aromatic N) is 2. The number of pyridine rings is 1. The maximum Gasteiger partial charge on any atom is 0.263 e. The Morgan fingerprint density at radius 1 is 1.43 bits per heavy atom. The molecule has 0 atom stereocenters. The Morgan fingerprint density at radius 3 is 3.00 bits per heavy atom. The molecular weight excluding hydrogens is 304 g/mol. The first-order chi connectivity index (χ1) is 10.3. The van der Waals surface area contributed by atoms with E-state index in [2.05, 4.69) is 15.2 Å². The molecule has 1 aliphatic rings. The second kappa shape index (κ2) is 6.64. The Balaban J connectivity index is 1.60. The van der Waals surface area contributed by atoms with E-state index >= 15 is 0 Å². The van der Waals surface area contributed by atoms with Crippen molar-refractivity contribution in [1.82, 2.24) is 15.2 Å². The first-order valence-electron chi connectivity index (χ1n) is 6.96. The predicted molar refractivity (Wildman–Crippen MR) is 90.1 cm³/mol. The van der Waals surface area contributed by atoms with E-state index in [-0.39, 0.29) is 5.91 Å². The SMILES string of the molecule is Nc1c(C(=O)NCCN2CCSCC2)sc2cnccc12. The summed E-state index contributed by atoms with van der Waals surface area (Å²) in [6, 6.07) is 1.85. The van der Waals surface area contributed by atoms with Crippen LogP contribution in [-0.2, 0) is 0 Å². The Kier molecular flexibility index (Phi) is 4.62. The van der Waals surface area contributed by atoms with Gasteiger partial charge in [-0.05, 0) is 6.07 Å². The third-order valence-electron chi connectivity index (χ3n) is 3.55. The second-order valence-electron chi connectivity index (χ2n) is 4.93. The van der Waals surface area contributed by atoms with Crippen LogP contribution < -0.4 is 11.1 Å². The number of hydrogen-bond donors (Lipinski definition) is 2. The maximum absolute atomic E-state index is 12.3. The summed E-state index contributed by atoms with van der Waals surface area (Å²) in [6.07, 6.45) is 3.44. The number of nitrogens with two attached hydrogens (primary N) is 1. The van der Waals surface area contributed by atoms with E-state index in [0.29, 0.717) is 17.1 Å². The van der Waals surface area contributed by atoms with E-state index in [1.54, 1.807) is 12.4 Å². The van der Waals surface area contributed by atoms with Crippen LogP contribution in [-0.4, -0.2) is 53.5 Å². The highest BCUT2D eigenvalue weighted by atomic mass is 32.2. The molecule has 0 unspecified atom stereocenters. The van der Waals surface area contributed by atoms with Crippen LogP contribution in [0.25, 0.3) is 10.1 Å². The lowest BCUT2D eigenvalue weighted by molar-refractivity contribution is 0.0954. The van der Waals surface area contributed by atoms with Crippen molar-refractivity contribution >= 4 is 44.8 Å². The quantitative estimate of drug-likeness (QED) is 0.896. The van der Waals surface area contributed by atoms with E-state index in [4.69, 9.17) is 5.73 Å². The average molecular weight is 322 g/mol. The van der Waals surface area contributed by atoms with Crippen molar-refractivity contribution in [1.29, 1.82) is 0 Å². The van der Waals surface area contributed by atoms with Gasteiger partial charge in [-0.3, -0.25) is 14.7 Å². The number of amides is 1. The summed E-state index contributed by atoms with van der Waals surface area (Å²) in [5, 5.41) is 3.88. The summed E-state index contributed by atoms with van der Waals surface area (Å²) in [5.74, 6) is 2.29. The van der Waals surface area contributed by atoms with Crippen molar-refractivity contribution in [3.63, 3.8) is 0 Å². The monoisotopic (exact) mass is 322 g/mol. The number of aromatic nitrogens is 1. The topological polar surface area (TPSA) is 71.2 Å². The molecule has 2 aromatic rings. The van der Waals surface area contributed by atoms with Gasteiger partial charge < -0.3 is 11.1 Å². The molecule has 0 aliphatic carbocycles. The Morgan fingerprint density at radius 2 is 2.24 bits per heavy atom. The van der Waals surface area contributed by atoms with Crippen molar-refractivity contribution in [2.24, 2.45) is 0 Å². The smallest absolute Gasteiger partial charge is 0.263 e. The number of nitrogens with one attached hydrogen (secondary N) is 1. The maximum atomic E-state index is 12.3. The molecule has 1 amide bonds. The van der Waals surface area contributed by atoms with Crippen molar-refractivity contribution in [2.45, 2.75) is 0 Å². The highest BCUT2D eigenvalue weighted by molar-refractivity contribution is 7.99. The van der Waals surface area contributed by atoms with E-state index in [0.717, 1.165) is 29.7 Å². The van der Waals surface area contributed by atoms with Gasteiger partial charge in [-0.25, -0.2) is 0 Å². The molecule has 3 heterocycles. The van der Waals surface area contributed by atoms with Crippen LogP contribution in [0.15, 0.2) is 18.5 Å². The fourth-order valence-corrected chi connectivity index (χ4v) is 4.36. The van der Waals surface area contributed by atoms with E-state index in [9.17, 15) is 4.79 Å². The van der Waals surface area contributed by atoms with Gasteiger partial charge in [-0.15, -0.1) is 11.3 Å². The molecule has 3 rings (SSSR count). The van der Waals surface area contributed by atoms with Gasteiger partial charge in [0.25, 0.3) is 5.91 Å². The molecule has 1 saturated heterocycles. The molecule has 0 spiro atoms. The first kappa shape index (κ1) is 14.6. The molecule has 0 bridgehead atoms. The van der Waals surface area contributed by atoms with Crippen LogP contribution in [0.4, 0.5) is 5.69 Å². The number of nitrogen functional groups attached to an aromatic ring is 1. The van der Waals surface area contributed by atoms with Crippen LogP contribution in [0.3, 0.4) is 0 Å². The van der Waals surface area contributed by atoms with Gasteiger partial charge in [0.15, 0.2) is 0 Å². The number of fused-ring (bicyclic) bond motifs is 1. The fraction of sp³-hybridized carbons (Fsp3) is 0.429. The third kappa shape index (κ3) is 3.30. The molecule has 7 heteroatoms. The zero-order valence-electron chi connectivity index (χ0n) is 11.7.